The molecule has 5 rings (SSSR count). The van der Waals surface area contributed by atoms with Crippen LogP contribution >= 0.6 is 22.9 Å². The first-order valence-corrected chi connectivity index (χ1v) is 10.3. The van der Waals surface area contributed by atoms with Crippen LogP contribution in [-0.2, 0) is 0 Å². The molecule has 0 atom stereocenters. The Morgan fingerprint density at radius 1 is 1.10 bits per heavy atom. The highest BCUT2D eigenvalue weighted by Crippen LogP contribution is 2.39. The molecular weight excluding hydrogens is 442 g/mol. The molecule has 0 bridgehead atoms. The number of hydrogen-bond donors (Lipinski definition) is 1. The lowest BCUT2D eigenvalue weighted by molar-refractivity contribution is 0.174. The average Bonchev–Trinajstić information content (AvgIpc) is 3.52. The number of nitrogens with zero attached hydrogens (tertiary/aromatic N) is 4. The second-order valence-electron chi connectivity index (χ2n) is 6.50. The standard InChI is InChI=1S/C20H16ClN5O4S/c1-27-15-7-16(28-2)13(6-11(15)21)26-19(22)18(24-25-26)20-23-12(8-31-20)10-3-4-14-17(5-10)30-9-29-14/h3-8H,9,22H2,1-2H3. The van der Waals surface area contributed by atoms with Gasteiger partial charge in [-0.3, -0.25) is 0 Å². The van der Waals surface area contributed by atoms with Crippen molar-refractivity contribution < 1.29 is 18.9 Å². The maximum absolute atomic E-state index is 6.37. The minimum absolute atomic E-state index is 0.222. The molecule has 0 amide bonds. The van der Waals surface area contributed by atoms with Crippen LogP contribution in [0.15, 0.2) is 35.7 Å². The van der Waals surface area contributed by atoms with Crippen molar-refractivity contribution in [2.45, 2.75) is 0 Å². The fourth-order valence-electron chi connectivity index (χ4n) is 3.20. The van der Waals surface area contributed by atoms with E-state index in [1.165, 1.54) is 23.1 Å². The molecule has 0 fully saturated rings. The number of ether oxygens (including phenoxy) is 4. The monoisotopic (exact) mass is 457 g/mol. The molecule has 0 aliphatic carbocycles. The fraction of sp³-hybridized carbons (Fsp3) is 0.150. The Morgan fingerprint density at radius 2 is 1.90 bits per heavy atom. The Kier molecular flexibility index (Phi) is 4.79. The van der Waals surface area contributed by atoms with Gasteiger partial charge in [-0.15, -0.1) is 16.4 Å². The zero-order valence-corrected chi connectivity index (χ0v) is 18.0. The lowest BCUT2D eigenvalue weighted by Gasteiger charge is -2.12. The minimum Gasteiger partial charge on any atom is -0.495 e. The second-order valence-corrected chi connectivity index (χ2v) is 7.76. The average molecular weight is 458 g/mol. The molecule has 0 radical (unpaired) electrons. The van der Waals surface area contributed by atoms with Crippen LogP contribution < -0.4 is 24.7 Å². The predicted octanol–water partition coefficient (Wildman–Crippen LogP) is 4.04. The summed E-state index contributed by atoms with van der Waals surface area (Å²) < 4.78 is 23.0. The van der Waals surface area contributed by atoms with Crippen LogP contribution in [0.2, 0.25) is 5.02 Å². The molecule has 4 aromatic rings. The van der Waals surface area contributed by atoms with Gasteiger partial charge in [-0.1, -0.05) is 16.8 Å². The summed E-state index contributed by atoms with van der Waals surface area (Å²) in [6.45, 7) is 0.222. The number of methoxy groups -OCH3 is 2. The molecule has 158 valence electrons. The predicted molar refractivity (Wildman–Crippen MR) is 117 cm³/mol. The van der Waals surface area contributed by atoms with E-state index < -0.39 is 0 Å². The third-order valence-electron chi connectivity index (χ3n) is 4.76. The van der Waals surface area contributed by atoms with E-state index in [-0.39, 0.29) is 6.79 Å². The van der Waals surface area contributed by atoms with E-state index in [2.05, 4.69) is 15.3 Å². The smallest absolute Gasteiger partial charge is 0.231 e. The van der Waals surface area contributed by atoms with Gasteiger partial charge in [-0.25, -0.2) is 4.98 Å². The third-order valence-corrected chi connectivity index (χ3v) is 5.91. The molecular formula is C20H16ClN5O4S. The summed E-state index contributed by atoms with van der Waals surface area (Å²) >= 11 is 7.70. The summed E-state index contributed by atoms with van der Waals surface area (Å²) in [5, 5.41) is 11.4. The Hall–Kier alpha value is -3.50. The summed E-state index contributed by atoms with van der Waals surface area (Å²) in [7, 11) is 3.07. The number of benzene rings is 2. The van der Waals surface area contributed by atoms with Crippen molar-refractivity contribution in [3.63, 3.8) is 0 Å². The van der Waals surface area contributed by atoms with Crippen LogP contribution in [0, 0.1) is 0 Å². The van der Waals surface area contributed by atoms with Gasteiger partial charge in [0.15, 0.2) is 23.0 Å². The van der Waals surface area contributed by atoms with Crippen molar-refractivity contribution in [3.05, 3.63) is 40.7 Å². The van der Waals surface area contributed by atoms with Gasteiger partial charge in [0, 0.05) is 17.0 Å². The molecule has 0 saturated heterocycles. The lowest BCUT2D eigenvalue weighted by Crippen LogP contribution is -2.05. The molecule has 2 N–H and O–H groups in total. The molecule has 11 heteroatoms. The van der Waals surface area contributed by atoms with Crippen molar-refractivity contribution in [1.29, 1.82) is 0 Å². The molecule has 0 saturated carbocycles. The molecule has 2 aromatic carbocycles. The Morgan fingerprint density at radius 3 is 2.71 bits per heavy atom. The topological polar surface area (TPSA) is 107 Å². The molecule has 0 unspecified atom stereocenters. The highest BCUT2D eigenvalue weighted by Gasteiger charge is 2.21. The number of halogens is 1. The van der Waals surface area contributed by atoms with E-state index >= 15 is 0 Å². The van der Waals surface area contributed by atoms with Gasteiger partial charge in [0.1, 0.15) is 22.2 Å². The summed E-state index contributed by atoms with van der Waals surface area (Å²) in [5.74, 6) is 2.70. The van der Waals surface area contributed by atoms with Crippen molar-refractivity contribution in [2.75, 3.05) is 26.7 Å². The molecule has 0 spiro atoms. The highest BCUT2D eigenvalue weighted by molar-refractivity contribution is 7.13. The van der Waals surface area contributed by atoms with Crippen LogP contribution in [0.1, 0.15) is 0 Å². The number of anilines is 1. The highest BCUT2D eigenvalue weighted by atomic mass is 35.5. The van der Waals surface area contributed by atoms with Crippen molar-refractivity contribution in [3.8, 4) is 50.6 Å². The SMILES string of the molecule is COc1cc(OC)c(-n2nnc(-c3nc(-c4ccc5c(c4)OCO5)cs3)c2N)cc1Cl. The van der Waals surface area contributed by atoms with E-state index in [9.17, 15) is 0 Å². The summed E-state index contributed by atoms with van der Waals surface area (Å²) in [6, 6.07) is 9.01. The van der Waals surface area contributed by atoms with Crippen molar-refractivity contribution in [1.82, 2.24) is 20.0 Å². The number of nitrogen functional groups attached to an aromatic ring is 1. The van der Waals surface area contributed by atoms with Crippen molar-refractivity contribution >= 4 is 28.8 Å². The normalized spacial score (nSPS) is 12.2. The first-order chi connectivity index (χ1) is 15.1. The number of hydrogen-bond acceptors (Lipinski definition) is 9. The molecule has 1 aliphatic rings. The van der Waals surface area contributed by atoms with Crippen LogP contribution in [0.5, 0.6) is 23.0 Å². The molecule has 31 heavy (non-hydrogen) atoms. The maximum atomic E-state index is 6.37. The zero-order chi connectivity index (χ0) is 21.5. The second kappa shape index (κ2) is 7.64. The number of fused-ring (bicyclic) bond motifs is 1. The quantitative estimate of drug-likeness (QED) is 0.478. The van der Waals surface area contributed by atoms with Gasteiger partial charge < -0.3 is 24.7 Å². The van der Waals surface area contributed by atoms with E-state index in [1.807, 2.05) is 23.6 Å². The van der Waals surface area contributed by atoms with Crippen LogP contribution in [-0.4, -0.2) is 41.0 Å². The van der Waals surface area contributed by atoms with E-state index in [0.29, 0.717) is 44.5 Å². The van der Waals surface area contributed by atoms with E-state index in [1.54, 1.807) is 19.2 Å². The van der Waals surface area contributed by atoms with Crippen LogP contribution in [0.4, 0.5) is 5.82 Å². The van der Waals surface area contributed by atoms with Gasteiger partial charge >= 0.3 is 0 Å². The van der Waals surface area contributed by atoms with E-state index in [0.717, 1.165) is 17.0 Å². The summed E-state index contributed by atoms with van der Waals surface area (Å²) in [5.41, 5.74) is 9.05. The molecule has 9 nitrogen and oxygen atoms in total. The van der Waals surface area contributed by atoms with Crippen molar-refractivity contribution in [2.24, 2.45) is 0 Å². The third kappa shape index (κ3) is 3.29. The maximum Gasteiger partial charge on any atom is 0.231 e. The van der Waals surface area contributed by atoms with Gasteiger partial charge in [-0.05, 0) is 24.3 Å². The van der Waals surface area contributed by atoms with Crippen LogP contribution in [0.3, 0.4) is 0 Å². The van der Waals surface area contributed by atoms with Gasteiger partial charge in [-0.2, -0.15) is 4.68 Å². The Labute approximate surface area is 185 Å². The van der Waals surface area contributed by atoms with Crippen LogP contribution in [0.25, 0.3) is 27.6 Å². The Bertz CT molecular complexity index is 1290. The number of rotatable bonds is 5. The largest absolute Gasteiger partial charge is 0.495 e. The van der Waals surface area contributed by atoms with Gasteiger partial charge in [0.2, 0.25) is 6.79 Å². The first kappa shape index (κ1) is 19.5. The Balaban J connectivity index is 1.51. The molecule has 2 aromatic heterocycles. The fourth-order valence-corrected chi connectivity index (χ4v) is 4.26. The lowest BCUT2D eigenvalue weighted by atomic mass is 10.1. The number of nitrogens with two attached hydrogens (primary N) is 1. The first-order valence-electron chi connectivity index (χ1n) is 9.08. The number of thiazole rings is 1. The summed E-state index contributed by atoms with van der Waals surface area (Å²) in [4.78, 5) is 4.68. The van der Waals surface area contributed by atoms with Gasteiger partial charge in [0.05, 0.1) is 24.9 Å². The molecule has 3 heterocycles. The zero-order valence-electron chi connectivity index (χ0n) is 16.5. The summed E-state index contributed by atoms with van der Waals surface area (Å²) in [6.07, 6.45) is 0. The minimum atomic E-state index is 0.222. The number of aromatic nitrogens is 4. The van der Waals surface area contributed by atoms with E-state index in [4.69, 9.17) is 36.3 Å². The molecule has 1 aliphatic heterocycles. The van der Waals surface area contributed by atoms with Gasteiger partial charge in [0.25, 0.3) is 0 Å².